The van der Waals surface area contributed by atoms with Crippen LogP contribution < -0.4 is 15.4 Å². The number of nitrogens with one attached hydrogen (secondary N) is 2. The molecule has 12 heteroatoms. The minimum absolute atomic E-state index is 0.0166. The summed E-state index contributed by atoms with van der Waals surface area (Å²) in [4.78, 5) is 22.3. The van der Waals surface area contributed by atoms with Crippen LogP contribution >= 0.6 is 11.6 Å². The van der Waals surface area contributed by atoms with Crippen molar-refractivity contribution in [3.63, 3.8) is 0 Å². The average molecular weight is 530 g/mol. The van der Waals surface area contributed by atoms with Gasteiger partial charge in [-0.05, 0) is 49.2 Å². The van der Waals surface area contributed by atoms with E-state index in [0.29, 0.717) is 41.1 Å². The van der Waals surface area contributed by atoms with Crippen molar-refractivity contribution in [2.45, 2.75) is 18.9 Å². The standard InChI is InChI=1S/C26H24ClN9O2/c1-2-25(37)34-8-5-17(6-9-34)32-19-12-22-26(29-16-31-36(22)14-19)33-18-3-4-23(21(27)11-18)38-20-7-10-35-24(13-20)28-15-30-35/h2-4,7,10-17,32H,1,5-6,8-9H2,(H,29,31,33). The summed E-state index contributed by atoms with van der Waals surface area (Å²) in [5, 5.41) is 15.8. The lowest BCUT2D eigenvalue weighted by Gasteiger charge is -2.32. The lowest BCUT2D eigenvalue weighted by molar-refractivity contribution is -0.126. The van der Waals surface area contributed by atoms with Gasteiger partial charge in [-0.3, -0.25) is 4.79 Å². The summed E-state index contributed by atoms with van der Waals surface area (Å²) in [6.07, 6.45) is 9.78. The molecule has 0 saturated carbocycles. The van der Waals surface area contributed by atoms with Gasteiger partial charge < -0.3 is 20.3 Å². The Balaban J connectivity index is 1.15. The largest absolute Gasteiger partial charge is 0.456 e. The lowest BCUT2D eigenvalue weighted by Crippen LogP contribution is -2.41. The molecule has 5 heterocycles. The van der Waals surface area contributed by atoms with Crippen molar-refractivity contribution >= 4 is 45.9 Å². The third kappa shape index (κ3) is 4.83. The van der Waals surface area contributed by atoms with Gasteiger partial charge in [0.2, 0.25) is 5.91 Å². The second kappa shape index (κ2) is 10.0. The lowest BCUT2D eigenvalue weighted by atomic mass is 10.0. The van der Waals surface area contributed by atoms with Crippen LogP contribution in [0.15, 0.2) is 74.1 Å². The van der Waals surface area contributed by atoms with Crippen LogP contribution in [0.25, 0.3) is 11.2 Å². The molecule has 1 saturated heterocycles. The van der Waals surface area contributed by atoms with E-state index in [9.17, 15) is 4.79 Å². The predicted molar refractivity (Wildman–Crippen MR) is 144 cm³/mol. The third-order valence-corrected chi connectivity index (χ3v) is 6.73. The first-order chi connectivity index (χ1) is 18.6. The highest BCUT2D eigenvalue weighted by molar-refractivity contribution is 6.32. The highest BCUT2D eigenvalue weighted by Crippen LogP contribution is 2.33. The van der Waals surface area contributed by atoms with E-state index in [-0.39, 0.29) is 11.9 Å². The topological polar surface area (TPSA) is 114 Å². The van der Waals surface area contributed by atoms with Crippen LogP contribution in [0.5, 0.6) is 11.5 Å². The number of piperidine rings is 1. The highest BCUT2D eigenvalue weighted by atomic mass is 35.5. The average Bonchev–Trinajstić information content (AvgIpc) is 3.57. The molecule has 0 spiro atoms. The molecular formula is C26H24ClN9O2. The van der Waals surface area contributed by atoms with Crippen LogP contribution in [-0.2, 0) is 4.79 Å². The van der Waals surface area contributed by atoms with E-state index in [0.717, 1.165) is 29.7 Å². The first-order valence-electron chi connectivity index (χ1n) is 12.1. The quantitative estimate of drug-likeness (QED) is 0.295. The number of anilines is 3. The number of ether oxygens (including phenoxy) is 1. The van der Waals surface area contributed by atoms with E-state index in [4.69, 9.17) is 16.3 Å². The Morgan fingerprint density at radius 2 is 1.87 bits per heavy atom. The van der Waals surface area contributed by atoms with E-state index in [1.807, 2.05) is 23.2 Å². The fourth-order valence-corrected chi connectivity index (χ4v) is 4.72. The summed E-state index contributed by atoms with van der Waals surface area (Å²) in [6.45, 7) is 4.98. The third-order valence-electron chi connectivity index (χ3n) is 6.43. The van der Waals surface area contributed by atoms with E-state index < -0.39 is 0 Å². The molecule has 1 fully saturated rings. The van der Waals surface area contributed by atoms with Crippen LogP contribution in [0.3, 0.4) is 0 Å². The van der Waals surface area contributed by atoms with Gasteiger partial charge in [0, 0.05) is 37.1 Å². The fraction of sp³-hybridized carbons (Fsp3) is 0.192. The predicted octanol–water partition coefficient (Wildman–Crippen LogP) is 4.55. The summed E-state index contributed by atoms with van der Waals surface area (Å²) in [5.41, 5.74) is 3.19. The Labute approximate surface area is 222 Å². The monoisotopic (exact) mass is 529 g/mol. The number of carbonyl (C=O) groups excluding carboxylic acids is 1. The number of hydrogen-bond donors (Lipinski definition) is 2. The van der Waals surface area contributed by atoms with Crippen molar-refractivity contribution in [2.75, 3.05) is 23.7 Å². The Hall–Kier alpha value is -4.64. The smallest absolute Gasteiger partial charge is 0.245 e. The van der Waals surface area contributed by atoms with Crippen molar-refractivity contribution < 1.29 is 9.53 Å². The van der Waals surface area contributed by atoms with Crippen molar-refractivity contribution in [3.8, 4) is 11.5 Å². The molecule has 0 atom stereocenters. The Morgan fingerprint density at radius 3 is 2.68 bits per heavy atom. The van der Waals surface area contributed by atoms with Crippen LogP contribution in [0.2, 0.25) is 5.02 Å². The maximum absolute atomic E-state index is 11.8. The van der Waals surface area contributed by atoms with Gasteiger partial charge in [-0.2, -0.15) is 10.2 Å². The number of nitrogens with zero attached hydrogens (tertiary/aromatic N) is 7. The van der Waals surface area contributed by atoms with Gasteiger partial charge in [-0.15, -0.1) is 0 Å². The molecule has 1 amide bonds. The maximum Gasteiger partial charge on any atom is 0.245 e. The summed E-state index contributed by atoms with van der Waals surface area (Å²) in [7, 11) is 0. The maximum atomic E-state index is 11.8. The van der Waals surface area contributed by atoms with Gasteiger partial charge in [-0.1, -0.05) is 18.2 Å². The number of carbonyl (C=O) groups is 1. The Kier molecular flexibility index (Phi) is 6.26. The molecule has 2 N–H and O–H groups in total. The van der Waals surface area contributed by atoms with E-state index in [2.05, 4.69) is 37.4 Å². The van der Waals surface area contributed by atoms with Gasteiger partial charge in [-0.25, -0.2) is 19.0 Å². The summed E-state index contributed by atoms with van der Waals surface area (Å²) >= 11 is 6.54. The molecule has 1 aliphatic rings. The number of benzene rings is 1. The van der Waals surface area contributed by atoms with E-state index >= 15 is 0 Å². The molecule has 0 unspecified atom stereocenters. The molecule has 5 aromatic rings. The van der Waals surface area contributed by atoms with E-state index in [1.165, 1.54) is 18.7 Å². The Bertz CT molecular complexity index is 1640. The van der Waals surface area contributed by atoms with Crippen LogP contribution in [-0.4, -0.2) is 59.1 Å². The number of pyridine rings is 1. The SMILES string of the molecule is C=CC(=O)N1CCC(Nc2cc3c(Nc4ccc(Oc5ccn6ncnc6c5)c(Cl)c4)ncnn3c2)CC1. The highest BCUT2D eigenvalue weighted by Gasteiger charge is 2.22. The molecule has 0 bridgehead atoms. The van der Waals surface area contributed by atoms with Crippen molar-refractivity contribution in [1.82, 2.24) is 34.1 Å². The summed E-state index contributed by atoms with van der Waals surface area (Å²) in [6, 6.07) is 11.3. The van der Waals surface area contributed by atoms with Gasteiger partial charge in [0.1, 0.15) is 29.7 Å². The normalized spacial score (nSPS) is 14.1. The molecule has 6 rings (SSSR count). The molecule has 0 radical (unpaired) electrons. The number of hydrogen-bond acceptors (Lipinski definition) is 8. The van der Waals surface area contributed by atoms with Gasteiger partial charge in [0.15, 0.2) is 11.5 Å². The molecule has 192 valence electrons. The number of fused-ring (bicyclic) bond motifs is 2. The molecule has 11 nitrogen and oxygen atoms in total. The van der Waals surface area contributed by atoms with Crippen LogP contribution in [0, 0.1) is 0 Å². The number of rotatable bonds is 7. The fourth-order valence-electron chi connectivity index (χ4n) is 4.50. The summed E-state index contributed by atoms with van der Waals surface area (Å²) in [5.74, 6) is 1.75. The molecule has 0 aliphatic carbocycles. The molecule has 1 aromatic carbocycles. The van der Waals surface area contributed by atoms with Crippen molar-refractivity contribution in [1.29, 1.82) is 0 Å². The van der Waals surface area contributed by atoms with Crippen molar-refractivity contribution in [3.05, 3.63) is 79.1 Å². The van der Waals surface area contributed by atoms with E-state index in [1.54, 1.807) is 39.5 Å². The van der Waals surface area contributed by atoms with Crippen molar-refractivity contribution in [2.24, 2.45) is 0 Å². The van der Waals surface area contributed by atoms with Gasteiger partial charge in [0.05, 0.1) is 16.9 Å². The van der Waals surface area contributed by atoms with Gasteiger partial charge >= 0.3 is 0 Å². The number of amides is 1. The molecule has 1 aliphatic heterocycles. The van der Waals surface area contributed by atoms with Gasteiger partial charge in [0.25, 0.3) is 0 Å². The first-order valence-corrected chi connectivity index (χ1v) is 12.5. The minimum Gasteiger partial charge on any atom is -0.456 e. The number of likely N-dealkylation sites (tertiary alicyclic amines) is 1. The molecule has 38 heavy (non-hydrogen) atoms. The second-order valence-electron chi connectivity index (χ2n) is 8.91. The van der Waals surface area contributed by atoms with Crippen LogP contribution in [0.4, 0.5) is 17.2 Å². The Morgan fingerprint density at radius 1 is 1.05 bits per heavy atom. The zero-order valence-electron chi connectivity index (χ0n) is 20.3. The summed E-state index contributed by atoms with van der Waals surface area (Å²) < 4.78 is 9.38. The minimum atomic E-state index is -0.0166. The zero-order valence-corrected chi connectivity index (χ0v) is 21.0. The number of aromatic nitrogens is 6. The van der Waals surface area contributed by atoms with Crippen LogP contribution in [0.1, 0.15) is 12.8 Å². The molecular weight excluding hydrogens is 506 g/mol. The zero-order chi connectivity index (χ0) is 26.1. The number of halogens is 1. The second-order valence-corrected chi connectivity index (χ2v) is 9.32. The first kappa shape index (κ1) is 23.7. The molecule has 4 aromatic heterocycles.